The van der Waals surface area contributed by atoms with Crippen molar-refractivity contribution in [2.24, 2.45) is 5.73 Å². The fraction of sp³-hybridized carbons (Fsp3) is 0.176. The van der Waals surface area contributed by atoms with E-state index < -0.39 is 0 Å². The normalized spacial score (nSPS) is 12.5. The average Bonchev–Trinajstić information content (AvgIpc) is 2.93. The molecule has 1 aromatic heterocycles. The van der Waals surface area contributed by atoms with Gasteiger partial charge in [-0.15, -0.1) is 0 Å². The number of halogens is 1. The highest BCUT2D eigenvalue weighted by molar-refractivity contribution is 9.10. The summed E-state index contributed by atoms with van der Waals surface area (Å²) >= 11 is 3.50. The molecule has 2 N–H and O–H groups in total. The first-order valence-corrected chi connectivity index (χ1v) is 7.65. The van der Waals surface area contributed by atoms with E-state index in [9.17, 15) is 0 Å². The first-order chi connectivity index (χ1) is 10.2. The van der Waals surface area contributed by atoms with Gasteiger partial charge in [0, 0.05) is 10.9 Å². The van der Waals surface area contributed by atoms with Crippen LogP contribution >= 0.6 is 15.9 Å². The zero-order chi connectivity index (χ0) is 14.8. The number of nitrogens with two attached hydrogens (primary N) is 1. The van der Waals surface area contributed by atoms with E-state index in [2.05, 4.69) is 15.9 Å². The quantitative estimate of drug-likeness (QED) is 0.749. The highest BCUT2D eigenvalue weighted by atomic mass is 79.9. The van der Waals surface area contributed by atoms with Crippen LogP contribution in [0.25, 0.3) is 11.0 Å². The first-order valence-electron chi connectivity index (χ1n) is 6.86. The minimum atomic E-state index is -0.355. The molecule has 0 amide bonds. The maximum Gasteiger partial charge on any atom is 0.148 e. The van der Waals surface area contributed by atoms with Crippen molar-refractivity contribution in [2.45, 2.75) is 13.0 Å². The van der Waals surface area contributed by atoms with E-state index in [0.29, 0.717) is 6.61 Å². The minimum Gasteiger partial charge on any atom is -0.494 e. The number of fused-ring (bicyclic) bond motifs is 1. The molecule has 1 atom stereocenters. The zero-order valence-electron chi connectivity index (χ0n) is 11.7. The molecular formula is C17H16BrNO2. The lowest BCUT2D eigenvalue weighted by Crippen LogP contribution is -2.12. The molecule has 0 bridgehead atoms. The van der Waals surface area contributed by atoms with Gasteiger partial charge in [0.05, 0.1) is 17.1 Å². The maximum atomic E-state index is 6.37. The molecule has 0 spiro atoms. The lowest BCUT2D eigenvalue weighted by molar-refractivity contribution is 0.334. The SMILES string of the molecule is CCOc1ccccc1C(N)c1cc2cccc(Br)c2o1. The largest absolute Gasteiger partial charge is 0.494 e. The topological polar surface area (TPSA) is 48.4 Å². The van der Waals surface area contributed by atoms with E-state index in [1.54, 1.807) is 0 Å². The van der Waals surface area contributed by atoms with Crippen molar-refractivity contribution in [3.05, 3.63) is 64.3 Å². The molecule has 3 nitrogen and oxygen atoms in total. The van der Waals surface area contributed by atoms with Gasteiger partial charge in [0.25, 0.3) is 0 Å². The summed E-state index contributed by atoms with van der Waals surface area (Å²) in [7, 11) is 0. The molecule has 0 saturated carbocycles. The van der Waals surface area contributed by atoms with Gasteiger partial charge >= 0.3 is 0 Å². The molecule has 0 radical (unpaired) electrons. The van der Waals surface area contributed by atoms with Gasteiger partial charge in [0.1, 0.15) is 17.1 Å². The second-order valence-corrected chi connectivity index (χ2v) is 5.61. The summed E-state index contributed by atoms with van der Waals surface area (Å²) in [5.41, 5.74) is 8.11. The molecule has 0 aliphatic carbocycles. The van der Waals surface area contributed by atoms with Crippen molar-refractivity contribution in [3.63, 3.8) is 0 Å². The van der Waals surface area contributed by atoms with Crippen LogP contribution in [0, 0.1) is 0 Å². The maximum absolute atomic E-state index is 6.37. The predicted octanol–water partition coefficient (Wildman–Crippen LogP) is 4.64. The van der Waals surface area contributed by atoms with Gasteiger partial charge in [-0.3, -0.25) is 0 Å². The number of furan rings is 1. The molecule has 0 saturated heterocycles. The standard InChI is InChI=1S/C17H16BrNO2/c1-2-20-14-9-4-3-7-12(14)16(19)15-10-11-6-5-8-13(18)17(11)21-15/h3-10,16H,2,19H2,1H3. The summed E-state index contributed by atoms with van der Waals surface area (Å²) in [6.45, 7) is 2.57. The van der Waals surface area contributed by atoms with Crippen LogP contribution in [0.3, 0.4) is 0 Å². The molecule has 2 aromatic carbocycles. The first kappa shape index (κ1) is 14.2. The number of benzene rings is 2. The third kappa shape index (κ3) is 2.69. The smallest absolute Gasteiger partial charge is 0.148 e. The minimum absolute atomic E-state index is 0.355. The Bertz CT molecular complexity index is 766. The van der Waals surface area contributed by atoms with Gasteiger partial charge in [-0.25, -0.2) is 0 Å². The Balaban J connectivity index is 2.04. The summed E-state index contributed by atoms with van der Waals surface area (Å²) < 4.78 is 12.5. The molecule has 3 aromatic rings. The van der Waals surface area contributed by atoms with Gasteiger partial charge < -0.3 is 14.9 Å². The Morgan fingerprint density at radius 2 is 2.00 bits per heavy atom. The lowest BCUT2D eigenvalue weighted by Gasteiger charge is -2.14. The Labute approximate surface area is 131 Å². The second kappa shape index (κ2) is 5.92. The van der Waals surface area contributed by atoms with E-state index in [1.165, 1.54) is 0 Å². The molecule has 21 heavy (non-hydrogen) atoms. The number of hydrogen-bond donors (Lipinski definition) is 1. The summed E-state index contributed by atoms with van der Waals surface area (Å²) in [4.78, 5) is 0. The molecule has 3 rings (SSSR count). The Kier molecular flexibility index (Phi) is 3.99. The van der Waals surface area contributed by atoms with Crippen LogP contribution in [-0.2, 0) is 0 Å². The molecule has 108 valence electrons. The Morgan fingerprint density at radius 1 is 1.19 bits per heavy atom. The molecule has 0 aliphatic rings. The molecular weight excluding hydrogens is 330 g/mol. The van der Waals surface area contributed by atoms with Crippen LogP contribution in [0.15, 0.2) is 57.4 Å². The van der Waals surface area contributed by atoms with Crippen LogP contribution in [-0.4, -0.2) is 6.61 Å². The highest BCUT2D eigenvalue weighted by Crippen LogP contribution is 2.33. The van der Waals surface area contributed by atoms with E-state index >= 15 is 0 Å². The summed E-state index contributed by atoms with van der Waals surface area (Å²) in [5.74, 6) is 1.52. The summed E-state index contributed by atoms with van der Waals surface area (Å²) in [6.07, 6.45) is 0. The van der Waals surface area contributed by atoms with E-state index in [-0.39, 0.29) is 6.04 Å². The van der Waals surface area contributed by atoms with Crippen LogP contribution in [0.2, 0.25) is 0 Å². The number of para-hydroxylation sites is 2. The van der Waals surface area contributed by atoms with Gasteiger partial charge in [0.2, 0.25) is 0 Å². The van der Waals surface area contributed by atoms with Crippen molar-refractivity contribution in [3.8, 4) is 5.75 Å². The van der Waals surface area contributed by atoms with Crippen LogP contribution < -0.4 is 10.5 Å². The highest BCUT2D eigenvalue weighted by Gasteiger charge is 2.18. The average molecular weight is 346 g/mol. The number of rotatable bonds is 4. The Hall–Kier alpha value is -1.78. The van der Waals surface area contributed by atoms with Crippen molar-refractivity contribution in [1.29, 1.82) is 0 Å². The van der Waals surface area contributed by atoms with Crippen molar-refractivity contribution in [1.82, 2.24) is 0 Å². The fourth-order valence-electron chi connectivity index (χ4n) is 2.38. The van der Waals surface area contributed by atoms with E-state index in [1.807, 2.05) is 55.5 Å². The fourth-order valence-corrected chi connectivity index (χ4v) is 2.84. The third-order valence-electron chi connectivity index (χ3n) is 3.38. The molecule has 0 fully saturated rings. The molecule has 1 heterocycles. The second-order valence-electron chi connectivity index (χ2n) is 4.76. The molecule has 1 unspecified atom stereocenters. The van der Waals surface area contributed by atoms with Gasteiger partial charge in [-0.1, -0.05) is 30.3 Å². The van der Waals surface area contributed by atoms with Crippen molar-refractivity contribution < 1.29 is 9.15 Å². The van der Waals surface area contributed by atoms with Gasteiger partial charge in [-0.2, -0.15) is 0 Å². The summed E-state index contributed by atoms with van der Waals surface area (Å²) in [6, 6.07) is 15.4. The Morgan fingerprint density at radius 3 is 2.76 bits per heavy atom. The number of ether oxygens (including phenoxy) is 1. The van der Waals surface area contributed by atoms with Gasteiger partial charge in [0.15, 0.2) is 0 Å². The third-order valence-corrected chi connectivity index (χ3v) is 4.00. The monoisotopic (exact) mass is 345 g/mol. The van der Waals surface area contributed by atoms with Crippen LogP contribution in [0.4, 0.5) is 0 Å². The van der Waals surface area contributed by atoms with Gasteiger partial charge in [-0.05, 0) is 41.1 Å². The zero-order valence-corrected chi connectivity index (χ0v) is 13.3. The molecule has 4 heteroatoms. The number of hydrogen-bond acceptors (Lipinski definition) is 3. The van der Waals surface area contributed by atoms with Crippen molar-refractivity contribution >= 4 is 26.9 Å². The molecule has 0 aliphatic heterocycles. The van der Waals surface area contributed by atoms with Crippen molar-refractivity contribution in [2.75, 3.05) is 6.61 Å². The van der Waals surface area contributed by atoms with Crippen LogP contribution in [0.1, 0.15) is 24.3 Å². The summed E-state index contributed by atoms with van der Waals surface area (Å²) in [5, 5.41) is 1.03. The predicted molar refractivity (Wildman–Crippen MR) is 87.6 cm³/mol. The lowest BCUT2D eigenvalue weighted by atomic mass is 10.0. The van der Waals surface area contributed by atoms with Crippen LogP contribution in [0.5, 0.6) is 5.75 Å². The van der Waals surface area contributed by atoms with E-state index in [0.717, 1.165) is 32.5 Å². The van der Waals surface area contributed by atoms with E-state index in [4.69, 9.17) is 14.9 Å².